The van der Waals surface area contributed by atoms with Gasteiger partial charge >= 0.3 is 0 Å². The molecular formula is C20H20Cl2N2O2S2. The topological polar surface area (TPSA) is 49.7 Å². The molecule has 0 amide bonds. The van der Waals surface area contributed by atoms with Crippen LogP contribution in [0.3, 0.4) is 0 Å². The number of aliphatic imine (C=N–C) groups is 1. The third kappa shape index (κ3) is 3.92. The van der Waals surface area contributed by atoms with Gasteiger partial charge in [-0.1, -0.05) is 53.2 Å². The number of rotatable bonds is 3. The molecule has 8 heteroatoms. The van der Waals surface area contributed by atoms with E-state index in [0.717, 1.165) is 27.5 Å². The second-order valence-electron chi connectivity index (χ2n) is 7.31. The Morgan fingerprint density at radius 2 is 1.93 bits per heavy atom. The Balaban J connectivity index is 1.66. The van der Waals surface area contributed by atoms with Crippen molar-refractivity contribution in [3.63, 3.8) is 0 Å². The van der Waals surface area contributed by atoms with Crippen molar-refractivity contribution in [1.29, 1.82) is 0 Å². The van der Waals surface area contributed by atoms with Crippen molar-refractivity contribution in [2.24, 2.45) is 4.99 Å². The van der Waals surface area contributed by atoms with Gasteiger partial charge in [0, 0.05) is 21.5 Å². The lowest BCUT2D eigenvalue weighted by Crippen LogP contribution is -2.39. The number of hydrogen-bond acceptors (Lipinski definition) is 5. The highest BCUT2D eigenvalue weighted by molar-refractivity contribution is 8.13. The van der Waals surface area contributed by atoms with Crippen molar-refractivity contribution in [3.8, 4) is 0 Å². The molecule has 28 heavy (non-hydrogen) atoms. The SMILES string of the molecule is Cc1ccc(C)c(N2C(SCc3ccc(Cl)cc3Cl)=N[C@H]3CS(=O)(=O)C[C@@H]32)c1. The molecule has 2 aliphatic heterocycles. The van der Waals surface area contributed by atoms with Crippen molar-refractivity contribution >= 4 is 55.7 Å². The highest BCUT2D eigenvalue weighted by atomic mass is 35.5. The summed E-state index contributed by atoms with van der Waals surface area (Å²) in [5, 5.41) is 2.08. The van der Waals surface area contributed by atoms with Crippen LogP contribution < -0.4 is 4.90 Å². The summed E-state index contributed by atoms with van der Waals surface area (Å²) in [4.78, 5) is 6.91. The molecule has 0 spiro atoms. The lowest BCUT2D eigenvalue weighted by molar-refractivity contribution is 0.601. The summed E-state index contributed by atoms with van der Waals surface area (Å²) in [5.74, 6) is 0.896. The van der Waals surface area contributed by atoms with Crippen LogP contribution in [0.1, 0.15) is 16.7 Å². The monoisotopic (exact) mass is 454 g/mol. The summed E-state index contributed by atoms with van der Waals surface area (Å²) in [5.41, 5.74) is 4.24. The quantitative estimate of drug-likeness (QED) is 0.662. The highest BCUT2D eigenvalue weighted by Crippen LogP contribution is 2.38. The molecule has 2 aromatic rings. The second kappa shape index (κ2) is 7.56. The summed E-state index contributed by atoms with van der Waals surface area (Å²) in [6, 6.07) is 11.4. The van der Waals surface area contributed by atoms with E-state index in [-0.39, 0.29) is 23.6 Å². The lowest BCUT2D eigenvalue weighted by atomic mass is 10.1. The van der Waals surface area contributed by atoms with Crippen LogP contribution >= 0.6 is 35.0 Å². The van der Waals surface area contributed by atoms with Crippen molar-refractivity contribution in [3.05, 3.63) is 63.1 Å². The minimum Gasteiger partial charge on any atom is -0.315 e. The number of hydrogen-bond donors (Lipinski definition) is 0. The standard InChI is InChI=1S/C20H20Cl2N2O2S2/c1-12-3-4-13(2)18(7-12)24-19-11-28(25,26)10-17(19)23-20(24)27-9-14-5-6-15(21)8-16(14)22/h3-8,17,19H,9-11H2,1-2H3/t17-,19-/m0/s1. The van der Waals surface area contributed by atoms with Crippen LogP contribution in [0.15, 0.2) is 41.4 Å². The zero-order valence-electron chi connectivity index (χ0n) is 15.5. The first-order chi connectivity index (χ1) is 13.2. The van der Waals surface area contributed by atoms with Gasteiger partial charge in [0.1, 0.15) is 0 Å². The molecular weight excluding hydrogens is 435 g/mol. The molecule has 4 nitrogen and oxygen atoms in total. The molecule has 0 unspecified atom stereocenters. The second-order valence-corrected chi connectivity index (χ2v) is 11.2. The first-order valence-corrected chi connectivity index (χ1v) is 12.5. The number of fused-ring (bicyclic) bond motifs is 1. The van der Waals surface area contributed by atoms with Crippen LogP contribution in [0.5, 0.6) is 0 Å². The first-order valence-electron chi connectivity index (χ1n) is 8.95. The third-order valence-corrected chi connectivity index (χ3v) is 8.40. The average Bonchev–Trinajstić information content (AvgIpc) is 3.07. The number of halogens is 2. The molecule has 148 valence electrons. The molecule has 1 fully saturated rings. The van der Waals surface area contributed by atoms with Gasteiger partial charge < -0.3 is 4.90 Å². The van der Waals surface area contributed by atoms with Crippen LogP contribution in [0.4, 0.5) is 5.69 Å². The largest absolute Gasteiger partial charge is 0.315 e. The zero-order chi connectivity index (χ0) is 20.1. The molecule has 2 heterocycles. The van der Waals surface area contributed by atoms with Gasteiger partial charge in [0.05, 0.1) is 23.6 Å². The smallest absolute Gasteiger partial charge is 0.164 e. The Morgan fingerprint density at radius 1 is 1.14 bits per heavy atom. The van der Waals surface area contributed by atoms with Crippen molar-refractivity contribution in [2.75, 3.05) is 16.4 Å². The number of amidine groups is 1. The molecule has 0 bridgehead atoms. The summed E-state index contributed by atoms with van der Waals surface area (Å²) >= 11 is 13.9. The summed E-state index contributed by atoms with van der Waals surface area (Å²) in [7, 11) is -3.07. The van der Waals surface area contributed by atoms with E-state index in [1.165, 1.54) is 0 Å². The number of sulfone groups is 1. The van der Waals surface area contributed by atoms with Gasteiger partial charge in [0.15, 0.2) is 15.0 Å². The Morgan fingerprint density at radius 3 is 2.68 bits per heavy atom. The molecule has 0 saturated carbocycles. The molecule has 2 atom stereocenters. The summed E-state index contributed by atoms with van der Waals surface area (Å²) in [6.45, 7) is 4.09. The number of thioether (sulfide) groups is 1. The maximum atomic E-state index is 12.2. The van der Waals surface area contributed by atoms with E-state index in [1.54, 1.807) is 17.8 Å². The van der Waals surface area contributed by atoms with E-state index in [9.17, 15) is 8.42 Å². The Labute approximate surface area is 179 Å². The maximum Gasteiger partial charge on any atom is 0.164 e. The number of aryl methyl sites for hydroxylation is 2. The van der Waals surface area contributed by atoms with E-state index in [1.807, 2.05) is 26.0 Å². The Hall–Kier alpha value is -1.21. The molecule has 0 N–H and O–H groups in total. The van der Waals surface area contributed by atoms with Gasteiger partial charge in [-0.3, -0.25) is 4.99 Å². The minimum atomic E-state index is -3.07. The van der Waals surface area contributed by atoms with Gasteiger partial charge in [-0.2, -0.15) is 0 Å². The van der Waals surface area contributed by atoms with Crippen molar-refractivity contribution < 1.29 is 8.42 Å². The molecule has 4 rings (SSSR count). The highest BCUT2D eigenvalue weighted by Gasteiger charge is 2.47. The van der Waals surface area contributed by atoms with Gasteiger partial charge in [-0.15, -0.1) is 0 Å². The average molecular weight is 455 g/mol. The van der Waals surface area contributed by atoms with Gasteiger partial charge in [0.25, 0.3) is 0 Å². The molecule has 2 aromatic carbocycles. The Bertz CT molecular complexity index is 1070. The van der Waals surface area contributed by atoms with Crippen LogP contribution in [-0.4, -0.2) is 37.2 Å². The minimum absolute atomic E-state index is 0.116. The lowest BCUT2D eigenvalue weighted by Gasteiger charge is -2.28. The van der Waals surface area contributed by atoms with E-state index >= 15 is 0 Å². The fourth-order valence-electron chi connectivity index (χ4n) is 3.67. The molecule has 0 aliphatic carbocycles. The number of anilines is 1. The van der Waals surface area contributed by atoms with E-state index in [0.29, 0.717) is 15.8 Å². The summed E-state index contributed by atoms with van der Waals surface area (Å²) < 4.78 is 24.4. The van der Waals surface area contributed by atoms with Crippen LogP contribution in [-0.2, 0) is 15.6 Å². The number of nitrogens with zero attached hydrogens (tertiary/aromatic N) is 2. The third-order valence-electron chi connectivity index (χ3n) is 5.10. The fourth-order valence-corrected chi connectivity index (χ4v) is 7.19. The van der Waals surface area contributed by atoms with E-state index in [4.69, 9.17) is 28.2 Å². The summed E-state index contributed by atoms with van der Waals surface area (Å²) in [6.07, 6.45) is 0. The van der Waals surface area contributed by atoms with Gasteiger partial charge in [0.2, 0.25) is 0 Å². The molecule has 0 aromatic heterocycles. The van der Waals surface area contributed by atoms with E-state index < -0.39 is 9.84 Å². The Kier molecular flexibility index (Phi) is 5.42. The maximum absolute atomic E-state index is 12.2. The van der Waals surface area contributed by atoms with E-state index in [2.05, 4.69) is 23.1 Å². The zero-order valence-corrected chi connectivity index (χ0v) is 18.7. The van der Waals surface area contributed by atoms with Crippen LogP contribution in [0.25, 0.3) is 0 Å². The normalized spacial score (nSPS) is 23.0. The van der Waals surface area contributed by atoms with Crippen molar-refractivity contribution in [2.45, 2.75) is 31.7 Å². The number of benzene rings is 2. The predicted octanol–water partition coefficient (Wildman–Crippen LogP) is 4.89. The van der Waals surface area contributed by atoms with Crippen LogP contribution in [0, 0.1) is 13.8 Å². The molecule has 1 saturated heterocycles. The first kappa shape index (κ1) is 20.1. The van der Waals surface area contributed by atoms with Gasteiger partial charge in [-0.25, -0.2) is 8.42 Å². The van der Waals surface area contributed by atoms with Gasteiger partial charge in [-0.05, 0) is 48.7 Å². The molecule has 2 aliphatic rings. The fraction of sp³-hybridized carbons (Fsp3) is 0.350. The van der Waals surface area contributed by atoms with Crippen molar-refractivity contribution in [1.82, 2.24) is 0 Å². The van der Waals surface area contributed by atoms with Crippen LogP contribution in [0.2, 0.25) is 10.0 Å². The molecule has 0 radical (unpaired) electrons. The predicted molar refractivity (Wildman–Crippen MR) is 120 cm³/mol.